The highest BCUT2D eigenvalue weighted by Crippen LogP contribution is 2.40. The lowest BCUT2D eigenvalue weighted by atomic mass is 9.76. The molecule has 1 unspecified atom stereocenters. The first-order valence-corrected chi connectivity index (χ1v) is 5.73. The molecule has 2 rings (SSSR count). The van der Waals surface area contributed by atoms with E-state index in [1.165, 1.54) is 11.1 Å². The van der Waals surface area contributed by atoms with Crippen LogP contribution in [0, 0.1) is 0 Å². The summed E-state index contributed by atoms with van der Waals surface area (Å²) in [6.07, 6.45) is 6.00. The Morgan fingerprint density at radius 1 is 1.27 bits per heavy atom. The Hall–Kier alpha value is -1.08. The minimum absolute atomic E-state index is 0.513. The highest BCUT2D eigenvalue weighted by Gasteiger charge is 2.33. The van der Waals surface area contributed by atoms with E-state index in [-0.39, 0.29) is 0 Å². The van der Waals surface area contributed by atoms with Gasteiger partial charge < -0.3 is 5.11 Å². The molecule has 0 fully saturated rings. The second-order valence-corrected chi connectivity index (χ2v) is 4.42. The van der Waals surface area contributed by atoms with Gasteiger partial charge in [-0.1, -0.05) is 50.1 Å². The standard InChI is InChI=1S/C14H18O/c1-2-3-9-14(15)10-13(11-14)12-7-5-4-6-8-12/h4-8,10,15H,2-3,9,11H2,1H3. The number of benzene rings is 1. The lowest BCUT2D eigenvalue weighted by Crippen LogP contribution is -2.33. The Kier molecular flexibility index (Phi) is 2.92. The van der Waals surface area contributed by atoms with Crippen LogP contribution in [0.4, 0.5) is 0 Å². The van der Waals surface area contributed by atoms with Crippen molar-refractivity contribution in [3.63, 3.8) is 0 Å². The van der Waals surface area contributed by atoms with Crippen molar-refractivity contribution in [3.8, 4) is 0 Å². The van der Waals surface area contributed by atoms with Crippen molar-refractivity contribution in [2.45, 2.75) is 38.2 Å². The van der Waals surface area contributed by atoms with Gasteiger partial charge in [-0.25, -0.2) is 0 Å². The third kappa shape index (κ3) is 2.29. The Labute approximate surface area is 91.4 Å². The molecule has 1 atom stereocenters. The van der Waals surface area contributed by atoms with Crippen LogP contribution < -0.4 is 0 Å². The molecule has 0 saturated carbocycles. The third-order valence-electron chi connectivity index (χ3n) is 3.05. The summed E-state index contributed by atoms with van der Waals surface area (Å²) in [4.78, 5) is 0. The van der Waals surface area contributed by atoms with Crippen molar-refractivity contribution in [1.82, 2.24) is 0 Å². The maximum Gasteiger partial charge on any atom is 0.0873 e. The van der Waals surface area contributed by atoms with E-state index in [9.17, 15) is 5.11 Å². The van der Waals surface area contributed by atoms with Gasteiger partial charge in [0.15, 0.2) is 0 Å². The van der Waals surface area contributed by atoms with Crippen LogP contribution in [-0.4, -0.2) is 10.7 Å². The molecule has 1 aliphatic rings. The van der Waals surface area contributed by atoms with Crippen molar-refractivity contribution >= 4 is 5.57 Å². The van der Waals surface area contributed by atoms with E-state index < -0.39 is 5.60 Å². The first-order chi connectivity index (χ1) is 7.23. The molecule has 0 aromatic heterocycles. The smallest absolute Gasteiger partial charge is 0.0873 e. The van der Waals surface area contributed by atoms with Gasteiger partial charge in [0.2, 0.25) is 0 Å². The maximum absolute atomic E-state index is 10.1. The summed E-state index contributed by atoms with van der Waals surface area (Å²) in [6.45, 7) is 2.16. The fourth-order valence-corrected chi connectivity index (χ4v) is 2.11. The van der Waals surface area contributed by atoms with Crippen molar-refractivity contribution in [2.75, 3.05) is 0 Å². The fraction of sp³-hybridized carbons (Fsp3) is 0.429. The minimum Gasteiger partial charge on any atom is -0.385 e. The van der Waals surface area contributed by atoms with Crippen LogP contribution in [0.15, 0.2) is 36.4 Å². The topological polar surface area (TPSA) is 20.2 Å². The molecule has 0 spiro atoms. The molecule has 0 aliphatic heterocycles. The molecule has 1 aromatic carbocycles. The van der Waals surface area contributed by atoms with Crippen LogP contribution in [0.2, 0.25) is 0 Å². The van der Waals surface area contributed by atoms with Crippen LogP contribution in [0.25, 0.3) is 5.57 Å². The summed E-state index contributed by atoms with van der Waals surface area (Å²) in [6, 6.07) is 10.3. The fourth-order valence-electron chi connectivity index (χ4n) is 2.11. The van der Waals surface area contributed by atoms with Gasteiger partial charge >= 0.3 is 0 Å². The lowest BCUT2D eigenvalue weighted by Gasteiger charge is -2.35. The van der Waals surface area contributed by atoms with Gasteiger partial charge in [-0.05, 0) is 23.6 Å². The second kappa shape index (κ2) is 4.19. The molecule has 0 amide bonds. The van der Waals surface area contributed by atoms with Crippen LogP contribution in [0.1, 0.15) is 38.2 Å². The van der Waals surface area contributed by atoms with Crippen molar-refractivity contribution in [3.05, 3.63) is 42.0 Å². The summed E-state index contributed by atoms with van der Waals surface area (Å²) in [5.74, 6) is 0. The molecule has 15 heavy (non-hydrogen) atoms. The maximum atomic E-state index is 10.1. The Bertz CT molecular complexity index is 353. The molecular weight excluding hydrogens is 184 g/mol. The van der Waals surface area contributed by atoms with Gasteiger partial charge in [-0.3, -0.25) is 0 Å². The van der Waals surface area contributed by atoms with Crippen LogP contribution in [0.3, 0.4) is 0 Å². The van der Waals surface area contributed by atoms with Crippen molar-refractivity contribution in [1.29, 1.82) is 0 Å². The van der Waals surface area contributed by atoms with E-state index in [0.29, 0.717) is 0 Å². The number of unbranched alkanes of at least 4 members (excludes halogenated alkanes) is 1. The number of rotatable bonds is 4. The van der Waals surface area contributed by atoms with Crippen LogP contribution in [0.5, 0.6) is 0 Å². The predicted molar refractivity (Wildman–Crippen MR) is 63.5 cm³/mol. The normalized spacial score (nSPS) is 24.5. The minimum atomic E-state index is -0.513. The highest BCUT2D eigenvalue weighted by atomic mass is 16.3. The van der Waals surface area contributed by atoms with Crippen molar-refractivity contribution in [2.24, 2.45) is 0 Å². The van der Waals surface area contributed by atoms with E-state index >= 15 is 0 Å². The SMILES string of the molecule is CCCCC1(O)C=C(c2ccccc2)C1. The van der Waals surface area contributed by atoms with Crippen LogP contribution in [-0.2, 0) is 0 Å². The zero-order chi connectivity index (χ0) is 10.7. The second-order valence-electron chi connectivity index (χ2n) is 4.42. The molecule has 0 bridgehead atoms. The average molecular weight is 202 g/mol. The third-order valence-corrected chi connectivity index (χ3v) is 3.05. The quantitative estimate of drug-likeness (QED) is 0.793. The summed E-state index contributed by atoms with van der Waals surface area (Å²) in [7, 11) is 0. The molecule has 0 heterocycles. The highest BCUT2D eigenvalue weighted by molar-refractivity contribution is 5.73. The van der Waals surface area contributed by atoms with Gasteiger partial charge in [0.25, 0.3) is 0 Å². The summed E-state index contributed by atoms with van der Waals surface area (Å²) >= 11 is 0. The first-order valence-electron chi connectivity index (χ1n) is 5.73. The van der Waals surface area contributed by atoms with E-state index in [1.54, 1.807) is 0 Å². The molecule has 1 aromatic rings. The van der Waals surface area contributed by atoms with Gasteiger partial charge in [-0.15, -0.1) is 0 Å². The first kappa shape index (κ1) is 10.4. The van der Waals surface area contributed by atoms with E-state index in [1.807, 2.05) is 24.3 Å². The molecule has 0 saturated heterocycles. The Morgan fingerprint density at radius 2 is 1.93 bits per heavy atom. The molecule has 1 N–H and O–H groups in total. The zero-order valence-corrected chi connectivity index (χ0v) is 9.24. The molecule has 1 heteroatoms. The van der Waals surface area contributed by atoms with E-state index in [4.69, 9.17) is 0 Å². The van der Waals surface area contributed by atoms with E-state index in [0.717, 1.165) is 25.7 Å². The molecule has 1 nitrogen and oxygen atoms in total. The monoisotopic (exact) mass is 202 g/mol. The number of hydrogen-bond donors (Lipinski definition) is 1. The van der Waals surface area contributed by atoms with Gasteiger partial charge in [0, 0.05) is 6.42 Å². The molecule has 0 radical (unpaired) electrons. The van der Waals surface area contributed by atoms with Crippen molar-refractivity contribution < 1.29 is 5.11 Å². The lowest BCUT2D eigenvalue weighted by molar-refractivity contribution is 0.0706. The average Bonchev–Trinajstić information content (AvgIpc) is 2.24. The number of aliphatic hydroxyl groups is 1. The van der Waals surface area contributed by atoms with Gasteiger partial charge in [-0.2, -0.15) is 0 Å². The molecule has 1 aliphatic carbocycles. The molecule has 80 valence electrons. The predicted octanol–water partition coefficient (Wildman–Crippen LogP) is 3.40. The van der Waals surface area contributed by atoms with Crippen LogP contribution >= 0.6 is 0 Å². The summed E-state index contributed by atoms with van der Waals surface area (Å²) < 4.78 is 0. The Balaban J connectivity index is 2.03. The molecular formula is C14H18O. The summed E-state index contributed by atoms with van der Waals surface area (Å²) in [5, 5.41) is 10.1. The summed E-state index contributed by atoms with van der Waals surface area (Å²) in [5.41, 5.74) is 2.02. The largest absolute Gasteiger partial charge is 0.385 e. The Morgan fingerprint density at radius 3 is 2.53 bits per heavy atom. The number of hydrogen-bond acceptors (Lipinski definition) is 1. The van der Waals surface area contributed by atoms with E-state index in [2.05, 4.69) is 19.1 Å². The zero-order valence-electron chi connectivity index (χ0n) is 9.24. The van der Waals surface area contributed by atoms with Gasteiger partial charge in [0.1, 0.15) is 0 Å². The van der Waals surface area contributed by atoms with Gasteiger partial charge in [0.05, 0.1) is 5.60 Å².